The lowest BCUT2D eigenvalue weighted by Crippen LogP contribution is -2.28. The van der Waals surface area contributed by atoms with Gasteiger partial charge in [-0.3, -0.25) is 0 Å². The third kappa shape index (κ3) is 7.46. The molecule has 0 amide bonds. The number of rotatable bonds is 11. The Morgan fingerprint density at radius 1 is 0.625 bits per heavy atom. The molecule has 0 heterocycles. The predicted molar refractivity (Wildman–Crippen MR) is 105 cm³/mol. The molecule has 2 fully saturated rings. The van der Waals surface area contributed by atoms with Crippen LogP contribution in [0.5, 0.6) is 0 Å². The van der Waals surface area contributed by atoms with Crippen LogP contribution in [0.15, 0.2) is 0 Å². The highest BCUT2D eigenvalue weighted by atomic mass is 16.5. The van der Waals surface area contributed by atoms with Gasteiger partial charge in [0.25, 0.3) is 0 Å². The van der Waals surface area contributed by atoms with E-state index in [0.717, 1.165) is 24.4 Å². The molecule has 0 bridgehead atoms. The van der Waals surface area contributed by atoms with Crippen molar-refractivity contribution < 1.29 is 4.74 Å². The average molecular weight is 337 g/mol. The van der Waals surface area contributed by atoms with Gasteiger partial charge in [-0.05, 0) is 62.7 Å². The van der Waals surface area contributed by atoms with Crippen molar-refractivity contribution in [2.45, 2.75) is 123 Å². The Kier molecular flexibility index (Phi) is 10.4. The van der Waals surface area contributed by atoms with Gasteiger partial charge in [0, 0.05) is 6.61 Å². The fraction of sp³-hybridized carbons (Fsp3) is 1.00. The molecule has 2 aliphatic carbocycles. The van der Waals surface area contributed by atoms with Crippen molar-refractivity contribution in [1.82, 2.24) is 0 Å². The van der Waals surface area contributed by atoms with E-state index in [1.807, 2.05) is 0 Å². The predicted octanol–water partition coefficient (Wildman–Crippen LogP) is 7.53. The Hall–Kier alpha value is -0.0400. The van der Waals surface area contributed by atoms with Crippen molar-refractivity contribution >= 4 is 0 Å². The van der Waals surface area contributed by atoms with Gasteiger partial charge in [0.05, 0.1) is 6.10 Å². The molecule has 1 heteroatoms. The van der Waals surface area contributed by atoms with E-state index >= 15 is 0 Å². The van der Waals surface area contributed by atoms with E-state index < -0.39 is 0 Å². The van der Waals surface area contributed by atoms with E-state index in [-0.39, 0.29) is 0 Å². The Bertz CT molecular complexity index is 284. The zero-order valence-corrected chi connectivity index (χ0v) is 16.7. The first-order valence-corrected chi connectivity index (χ1v) is 11.4. The zero-order chi connectivity index (χ0) is 17.0. The van der Waals surface area contributed by atoms with Crippen LogP contribution in [0.3, 0.4) is 0 Å². The van der Waals surface area contributed by atoms with E-state index in [1.165, 1.54) is 103 Å². The van der Waals surface area contributed by atoms with Crippen molar-refractivity contribution in [3.8, 4) is 0 Å². The van der Waals surface area contributed by atoms with E-state index in [4.69, 9.17) is 4.74 Å². The largest absolute Gasteiger partial charge is 0.378 e. The lowest BCUT2D eigenvalue weighted by atomic mass is 9.70. The summed E-state index contributed by atoms with van der Waals surface area (Å²) in [6.45, 7) is 5.68. The third-order valence-corrected chi connectivity index (χ3v) is 6.96. The van der Waals surface area contributed by atoms with Gasteiger partial charge in [0.2, 0.25) is 0 Å². The minimum absolute atomic E-state index is 0.591. The molecule has 0 spiro atoms. The van der Waals surface area contributed by atoms with Crippen LogP contribution in [-0.2, 0) is 4.74 Å². The van der Waals surface area contributed by atoms with Crippen molar-refractivity contribution in [1.29, 1.82) is 0 Å². The molecule has 1 nitrogen and oxygen atoms in total. The van der Waals surface area contributed by atoms with E-state index in [9.17, 15) is 0 Å². The Balaban J connectivity index is 1.46. The monoisotopic (exact) mass is 336 g/mol. The summed E-state index contributed by atoms with van der Waals surface area (Å²) in [4.78, 5) is 0. The molecule has 2 aliphatic rings. The van der Waals surface area contributed by atoms with Crippen LogP contribution in [0.1, 0.15) is 117 Å². The lowest BCUT2D eigenvalue weighted by Gasteiger charge is -2.37. The fourth-order valence-electron chi connectivity index (χ4n) is 5.10. The van der Waals surface area contributed by atoms with Crippen molar-refractivity contribution in [2.75, 3.05) is 6.61 Å². The van der Waals surface area contributed by atoms with Crippen LogP contribution in [0.2, 0.25) is 0 Å². The van der Waals surface area contributed by atoms with Gasteiger partial charge in [0.15, 0.2) is 0 Å². The second kappa shape index (κ2) is 12.3. The first-order valence-electron chi connectivity index (χ1n) is 11.4. The maximum atomic E-state index is 6.18. The van der Waals surface area contributed by atoms with Crippen molar-refractivity contribution in [2.24, 2.45) is 17.8 Å². The molecule has 0 aromatic heterocycles. The van der Waals surface area contributed by atoms with Gasteiger partial charge in [-0.15, -0.1) is 0 Å². The smallest absolute Gasteiger partial charge is 0.0575 e. The summed E-state index contributed by atoms with van der Waals surface area (Å²) in [6.07, 6.45) is 23.3. The van der Waals surface area contributed by atoms with Crippen LogP contribution < -0.4 is 0 Å². The number of ether oxygens (including phenoxy) is 1. The van der Waals surface area contributed by atoms with Gasteiger partial charge >= 0.3 is 0 Å². The molecule has 0 atom stereocenters. The van der Waals surface area contributed by atoms with Gasteiger partial charge in [0.1, 0.15) is 0 Å². The molecule has 2 rings (SSSR count). The van der Waals surface area contributed by atoms with E-state index in [2.05, 4.69) is 13.8 Å². The minimum Gasteiger partial charge on any atom is -0.378 e. The molecule has 0 aromatic rings. The van der Waals surface area contributed by atoms with E-state index in [0.29, 0.717) is 6.10 Å². The molecule has 24 heavy (non-hydrogen) atoms. The first kappa shape index (κ1) is 20.3. The van der Waals surface area contributed by atoms with Gasteiger partial charge in [-0.25, -0.2) is 0 Å². The SMILES string of the molecule is CCCCCCCCCO[C@H]1CC[C@H]([C@H]2CC[C@H](CC)CC2)CC1. The summed E-state index contributed by atoms with van der Waals surface area (Å²) in [7, 11) is 0. The highest BCUT2D eigenvalue weighted by Crippen LogP contribution is 2.41. The molecular weight excluding hydrogens is 292 g/mol. The number of unbranched alkanes of at least 4 members (excludes halogenated alkanes) is 6. The zero-order valence-electron chi connectivity index (χ0n) is 16.7. The third-order valence-electron chi connectivity index (χ3n) is 6.96. The molecule has 0 aliphatic heterocycles. The fourth-order valence-corrected chi connectivity index (χ4v) is 5.10. The van der Waals surface area contributed by atoms with Gasteiger partial charge < -0.3 is 4.74 Å². The van der Waals surface area contributed by atoms with Crippen LogP contribution in [0, 0.1) is 17.8 Å². The average Bonchev–Trinajstić information content (AvgIpc) is 2.64. The summed E-state index contributed by atoms with van der Waals surface area (Å²) in [5, 5.41) is 0. The molecule has 0 saturated heterocycles. The highest BCUT2D eigenvalue weighted by Gasteiger charge is 2.30. The molecule has 0 N–H and O–H groups in total. The van der Waals surface area contributed by atoms with Crippen LogP contribution in [0.25, 0.3) is 0 Å². The first-order chi connectivity index (χ1) is 11.8. The van der Waals surface area contributed by atoms with E-state index in [1.54, 1.807) is 0 Å². The topological polar surface area (TPSA) is 9.23 Å². The summed E-state index contributed by atoms with van der Waals surface area (Å²) in [5.41, 5.74) is 0. The molecule has 0 radical (unpaired) electrons. The Morgan fingerprint density at radius 2 is 1.17 bits per heavy atom. The highest BCUT2D eigenvalue weighted by molar-refractivity contribution is 4.82. The molecule has 2 saturated carbocycles. The number of hydrogen-bond donors (Lipinski definition) is 0. The Labute approximate surface area is 152 Å². The normalized spacial score (nSPS) is 31.2. The van der Waals surface area contributed by atoms with Crippen LogP contribution in [0.4, 0.5) is 0 Å². The molecular formula is C23H44O. The quantitative estimate of drug-likeness (QED) is 0.354. The standard InChI is InChI=1S/C23H44O/c1-3-5-6-7-8-9-10-19-24-23-17-15-22(16-18-23)21-13-11-20(4-2)12-14-21/h20-23H,3-19H2,1-2H3/t20-,21-,22-,23-. The Morgan fingerprint density at radius 3 is 1.75 bits per heavy atom. The second-order valence-electron chi connectivity index (χ2n) is 8.72. The summed E-state index contributed by atoms with van der Waals surface area (Å²) in [6, 6.07) is 0. The lowest BCUT2D eigenvalue weighted by molar-refractivity contribution is 0.00536. The second-order valence-corrected chi connectivity index (χ2v) is 8.72. The summed E-state index contributed by atoms with van der Waals surface area (Å²) < 4.78 is 6.18. The van der Waals surface area contributed by atoms with Crippen molar-refractivity contribution in [3.05, 3.63) is 0 Å². The van der Waals surface area contributed by atoms with Gasteiger partial charge in [-0.2, -0.15) is 0 Å². The molecule has 0 unspecified atom stereocenters. The van der Waals surface area contributed by atoms with Gasteiger partial charge in [-0.1, -0.05) is 71.6 Å². The minimum atomic E-state index is 0.591. The summed E-state index contributed by atoms with van der Waals surface area (Å²) in [5.74, 6) is 3.13. The summed E-state index contributed by atoms with van der Waals surface area (Å²) >= 11 is 0. The van der Waals surface area contributed by atoms with Crippen LogP contribution in [-0.4, -0.2) is 12.7 Å². The van der Waals surface area contributed by atoms with Crippen LogP contribution >= 0.6 is 0 Å². The number of hydrogen-bond acceptors (Lipinski definition) is 1. The molecule has 0 aromatic carbocycles. The van der Waals surface area contributed by atoms with Crippen molar-refractivity contribution in [3.63, 3.8) is 0 Å². The maximum Gasteiger partial charge on any atom is 0.0575 e. The molecule has 142 valence electrons. The maximum absolute atomic E-state index is 6.18.